The topological polar surface area (TPSA) is 60.0 Å². The molecule has 1 fully saturated rings. The smallest absolute Gasteiger partial charge is 0.274 e. The Labute approximate surface area is 159 Å². The fraction of sp³-hybridized carbons (Fsp3) is 0.476. The van der Waals surface area contributed by atoms with Crippen LogP contribution >= 0.6 is 0 Å². The standard InChI is InChI=1S/C21H25N5O/c1-14-19(20-23-21(27-24-20)18-8-5-10-25(18)2)17-9-11-26(13-15(17)12-22-14)16-6-3-4-7-16/h5,8,10,12,16H,3-4,6-7,9,11,13H2,1-2H3. The summed E-state index contributed by atoms with van der Waals surface area (Å²) >= 11 is 0. The molecule has 0 radical (unpaired) electrons. The van der Waals surface area contributed by atoms with Crippen LogP contribution in [-0.4, -0.2) is 37.2 Å². The van der Waals surface area contributed by atoms with E-state index in [1.165, 1.54) is 36.8 Å². The summed E-state index contributed by atoms with van der Waals surface area (Å²) in [4.78, 5) is 12.0. The van der Waals surface area contributed by atoms with E-state index in [1.54, 1.807) is 0 Å². The van der Waals surface area contributed by atoms with Gasteiger partial charge in [-0.3, -0.25) is 9.88 Å². The molecule has 2 aliphatic rings. The van der Waals surface area contributed by atoms with E-state index < -0.39 is 0 Å². The van der Waals surface area contributed by atoms with Gasteiger partial charge in [-0.15, -0.1) is 0 Å². The van der Waals surface area contributed by atoms with Gasteiger partial charge in [0.2, 0.25) is 5.82 Å². The molecule has 0 unspecified atom stereocenters. The van der Waals surface area contributed by atoms with Gasteiger partial charge in [0.25, 0.3) is 5.89 Å². The minimum absolute atomic E-state index is 0.554. The first kappa shape index (κ1) is 16.7. The summed E-state index contributed by atoms with van der Waals surface area (Å²) in [6.07, 6.45) is 10.5. The van der Waals surface area contributed by atoms with Crippen LogP contribution in [0.4, 0.5) is 0 Å². The molecule has 4 heterocycles. The highest BCUT2D eigenvalue weighted by molar-refractivity contribution is 5.66. The van der Waals surface area contributed by atoms with Gasteiger partial charge in [-0.1, -0.05) is 18.0 Å². The van der Waals surface area contributed by atoms with Crippen LogP contribution in [-0.2, 0) is 20.0 Å². The lowest BCUT2D eigenvalue weighted by Gasteiger charge is -2.34. The molecule has 1 aliphatic carbocycles. The Bertz CT molecular complexity index is 967. The molecule has 0 saturated heterocycles. The SMILES string of the molecule is Cc1ncc2c(c1-c1noc(-c3cccn3C)n1)CCN(C1CCCC1)C2. The molecular weight excluding hydrogens is 338 g/mol. The van der Waals surface area contributed by atoms with Crippen molar-refractivity contribution in [1.82, 2.24) is 24.6 Å². The minimum atomic E-state index is 0.554. The van der Waals surface area contributed by atoms with Crippen LogP contribution in [0.25, 0.3) is 23.0 Å². The Morgan fingerprint density at radius 1 is 1.22 bits per heavy atom. The molecule has 140 valence electrons. The molecule has 0 amide bonds. The van der Waals surface area contributed by atoms with Gasteiger partial charge in [0.1, 0.15) is 5.69 Å². The van der Waals surface area contributed by atoms with Gasteiger partial charge in [-0.2, -0.15) is 4.98 Å². The number of rotatable bonds is 3. The van der Waals surface area contributed by atoms with Crippen molar-refractivity contribution in [3.05, 3.63) is 41.3 Å². The highest BCUT2D eigenvalue weighted by atomic mass is 16.5. The molecule has 3 aromatic heterocycles. The van der Waals surface area contributed by atoms with E-state index in [1.807, 2.05) is 43.1 Å². The Morgan fingerprint density at radius 2 is 2.07 bits per heavy atom. The van der Waals surface area contributed by atoms with Gasteiger partial charge in [0.15, 0.2) is 0 Å². The lowest BCUT2D eigenvalue weighted by molar-refractivity contribution is 0.181. The third-order valence-corrected chi connectivity index (χ3v) is 6.14. The first-order valence-corrected chi connectivity index (χ1v) is 9.88. The van der Waals surface area contributed by atoms with Crippen molar-refractivity contribution < 1.29 is 4.52 Å². The van der Waals surface area contributed by atoms with E-state index in [-0.39, 0.29) is 0 Å². The highest BCUT2D eigenvalue weighted by Gasteiger charge is 2.29. The van der Waals surface area contributed by atoms with Crippen LogP contribution in [0, 0.1) is 6.92 Å². The predicted octanol–water partition coefficient (Wildman–Crippen LogP) is 3.75. The molecule has 0 N–H and O–H groups in total. The maximum atomic E-state index is 5.57. The van der Waals surface area contributed by atoms with Gasteiger partial charge in [0.05, 0.1) is 0 Å². The Balaban J connectivity index is 1.50. The number of aryl methyl sites for hydroxylation is 2. The zero-order valence-electron chi connectivity index (χ0n) is 16.0. The fourth-order valence-electron chi connectivity index (χ4n) is 4.66. The monoisotopic (exact) mass is 363 g/mol. The van der Waals surface area contributed by atoms with E-state index in [9.17, 15) is 0 Å². The van der Waals surface area contributed by atoms with Crippen LogP contribution in [0.2, 0.25) is 0 Å². The van der Waals surface area contributed by atoms with Crippen molar-refractivity contribution in [2.24, 2.45) is 7.05 Å². The molecule has 6 heteroatoms. The lowest BCUT2D eigenvalue weighted by Crippen LogP contribution is -2.38. The van der Waals surface area contributed by atoms with Crippen molar-refractivity contribution >= 4 is 0 Å². The van der Waals surface area contributed by atoms with Crippen LogP contribution in [0.15, 0.2) is 29.0 Å². The van der Waals surface area contributed by atoms with E-state index in [4.69, 9.17) is 9.51 Å². The van der Waals surface area contributed by atoms with E-state index >= 15 is 0 Å². The lowest BCUT2D eigenvalue weighted by atomic mass is 9.93. The average Bonchev–Trinajstić information content (AvgIpc) is 3.42. The average molecular weight is 363 g/mol. The normalized spacial score (nSPS) is 18.1. The Hall–Kier alpha value is -2.47. The summed E-state index contributed by atoms with van der Waals surface area (Å²) in [6.45, 7) is 4.14. The maximum Gasteiger partial charge on any atom is 0.274 e. The summed E-state index contributed by atoms with van der Waals surface area (Å²) < 4.78 is 7.56. The zero-order valence-corrected chi connectivity index (χ0v) is 16.0. The predicted molar refractivity (Wildman–Crippen MR) is 103 cm³/mol. The van der Waals surface area contributed by atoms with Crippen molar-refractivity contribution in [1.29, 1.82) is 0 Å². The highest BCUT2D eigenvalue weighted by Crippen LogP contribution is 2.34. The fourth-order valence-corrected chi connectivity index (χ4v) is 4.66. The zero-order chi connectivity index (χ0) is 18.4. The van der Waals surface area contributed by atoms with E-state index in [2.05, 4.69) is 15.0 Å². The molecule has 0 bridgehead atoms. The third kappa shape index (κ3) is 2.88. The molecule has 5 rings (SSSR count). The van der Waals surface area contributed by atoms with Crippen molar-refractivity contribution in [3.63, 3.8) is 0 Å². The van der Waals surface area contributed by atoms with Gasteiger partial charge < -0.3 is 9.09 Å². The first-order valence-electron chi connectivity index (χ1n) is 9.88. The maximum absolute atomic E-state index is 5.57. The molecule has 1 saturated carbocycles. The summed E-state index contributed by atoms with van der Waals surface area (Å²) in [5, 5.41) is 4.30. The van der Waals surface area contributed by atoms with Gasteiger partial charge in [-0.25, -0.2) is 0 Å². The third-order valence-electron chi connectivity index (χ3n) is 6.14. The summed E-state index contributed by atoms with van der Waals surface area (Å²) in [6, 6.07) is 4.72. The number of nitrogens with zero attached hydrogens (tertiary/aromatic N) is 5. The van der Waals surface area contributed by atoms with Crippen molar-refractivity contribution in [2.75, 3.05) is 6.54 Å². The van der Waals surface area contributed by atoms with Crippen LogP contribution in [0.3, 0.4) is 0 Å². The van der Waals surface area contributed by atoms with E-state index in [0.29, 0.717) is 11.7 Å². The number of aromatic nitrogens is 4. The minimum Gasteiger partial charge on any atom is -0.347 e. The first-order chi connectivity index (χ1) is 13.2. The number of hydrogen-bond donors (Lipinski definition) is 0. The number of fused-ring (bicyclic) bond motifs is 1. The second-order valence-corrected chi connectivity index (χ2v) is 7.81. The number of pyridine rings is 1. The summed E-state index contributed by atoms with van der Waals surface area (Å²) in [5.74, 6) is 1.21. The van der Waals surface area contributed by atoms with Crippen LogP contribution in [0.1, 0.15) is 42.5 Å². The molecular formula is C21H25N5O. The summed E-state index contributed by atoms with van der Waals surface area (Å²) in [5.41, 5.74) is 5.62. The van der Waals surface area contributed by atoms with Gasteiger partial charge in [-0.05, 0) is 49.4 Å². The van der Waals surface area contributed by atoms with E-state index in [0.717, 1.165) is 42.5 Å². The van der Waals surface area contributed by atoms with Gasteiger partial charge >= 0.3 is 0 Å². The molecule has 6 nitrogen and oxygen atoms in total. The summed E-state index contributed by atoms with van der Waals surface area (Å²) in [7, 11) is 1.98. The van der Waals surface area contributed by atoms with Gasteiger partial charge in [0, 0.05) is 49.8 Å². The molecule has 0 spiro atoms. The molecule has 3 aromatic rings. The molecule has 0 aromatic carbocycles. The largest absolute Gasteiger partial charge is 0.347 e. The molecule has 27 heavy (non-hydrogen) atoms. The quantitative estimate of drug-likeness (QED) is 0.709. The Morgan fingerprint density at radius 3 is 2.85 bits per heavy atom. The number of hydrogen-bond acceptors (Lipinski definition) is 5. The van der Waals surface area contributed by atoms with Crippen molar-refractivity contribution in [2.45, 2.75) is 51.6 Å². The molecule has 1 aliphatic heterocycles. The Kier molecular flexibility index (Phi) is 4.08. The second kappa shape index (κ2) is 6.60. The van der Waals surface area contributed by atoms with Crippen molar-refractivity contribution in [3.8, 4) is 23.0 Å². The van der Waals surface area contributed by atoms with Crippen LogP contribution in [0.5, 0.6) is 0 Å². The molecule has 0 atom stereocenters. The second-order valence-electron chi connectivity index (χ2n) is 7.81. The van der Waals surface area contributed by atoms with Crippen LogP contribution < -0.4 is 0 Å².